The summed E-state index contributed by atoms with van der Waals surface area (Å²) in [7, 11) is 1.95. The monoisotopic (exact) mass is 612 g/mol. The van der Waals surface area contributed by atoms with Crippen LogP contribution in [0.4, 0.5) is 0 Å². The van der Waals surface area contributed by atoms with Crippen molar-refractivity contribution in [1.29, 1.82) is 0 Å². The molecule has 2 aromatic carbocycles. The van der Waals surface area contributed by atoms with Crippen molar-refractivity contribution in [2.24, 2.45) is 5.41 Å². The fourth-order valence-electron chi connectivity index (χ4n) is 3.20. The molecule has 0 bridgehead atoms. The van der Waals surface area contributed by atoms with Gasteiger partial charge in [-0.25, -0.2) is 28.8 Å². The van der Waals surface area contributed by atoms with E-state index >= 15 is 0 Å². The maximum absolute atomic E-state index is 12.2. The van der Waals surface area contributed by atoms with Crippen LogP contribution in [0.5, 0.6) is 11.5 Å². The number of esters is 6. The van der Waals surface area contributed by atoms with Gasteiger partial charge in [0.05, 0.1) is 14.2 Å². The summed E-state index contributed by atoms with van der Waals surface area (Å²) < 4.78 is 35.1. The molecule has 0 aliphatic heterocycles. The molecular formula is C31H32O13. The van der Waals surface area contributed by atoms with Gasteiger partial charge in [0.1, 0.15) is 43.3 Å². The second-order valence-electron chi connectivity index (χ2n) is 9.50. The van der Waals surface area contributed by atoms with Crippen LogP contribution in [-0.2, 0) is 52.5 Å². The Morgan fingerprint density at radius 3 is 1.32 bits per heavy atom. The molecular weight excluding hydrogens is 580 g/mol. The summed E-state index contributed by atoms with van der Waals surface area (Å²) >= 11 is 0. The van der Waals surface area contributed by atoms with Crippen molar-refractivity contribution in [1.82, 2.24) is 0 Å². The lowest BCUT2D eigenvalue weighted by atomic mass is 9.92. The van der Waals surface area contributed by atoms with Gasteiger partial charge in [-0.05, 0) is 49.2 Å². The number of methoxy groups -OCH3 is 2. The van der Waals surface area contributed by atoms with Crippen molar-refractivity contribution in [3.05, 3.63) is 72.8 Å². The fraction of sp³-hybridized carbons (Fsp3) is 0.290. The highest BCUT2D eigenvalue weighted by atomic mass is 16.6. The summed E-state index contributed by atoms with van der Waals surface area (Å²) in [5.41, 5.74) is 0.309. The molecule has 2 rings (SSSR count). The van der Waals surface area contributed by atoms with E-state index in [9.17, 15) is 28.8 Å². The highest BCUT2D eigenvalue weighted by Gasteiger charge is 2.39. The van der Waals surface area contributed by atoms with Gasteiger partial charge in [0.25, 0.3) is 0 Å². The second-order valence-corrected chi connectivity index (χ2v) is 9.50. The first kappa shape index (κ1) is 34.7. The molecule has 0 radical (unpaired) electrons. The Hall–Kier alpha value is -5.46. The Morgan fingerprint density at radius 2 is 0.932 bits per heavy atom. The van der Waals surface area contributed by atoms with E-state index in [2.05, 4.69) is 22.6 Å². The molecule has 0 fully saturated rings. The van der Waals surface area contributed by atoms with Crippen molar-refractivity contribution in [2.75, 3.05) is 40.6 Å². The van der Waals surface area contributed by atoms with E-state index < -0.39 is 61.1 Å². The van der Waals surface area contributed by atoms with Crippen molar-refractivity contribution in [3.63, 3.8) is 0 Å². The molecule has 0 aliphatic rings. The molecule has 0 unspecified atom stereocenters. The van der Waals surface area contributed by atoms with Crippen molar-refractivity contribution in [2.45, 2.75) is 13.8 Å². The highest BCUT2D eigenvalue weighted by Crippen LogP contribution is 2.27. The van der Waals surface area contributed by atoms with Crippen molar-refractivity contribution < 1.29 is 61.9 Å². The Balaban J connectivity index is 2.28. The Labute approximate surface area is 253 Å². The topological polar surface area (TPSA) is 167 Å². The minimum absolute atomic E-state index is 0.0514. The maximum Gasteiger partial charge on any atom is 0.417 e. The van der Waals surface area contributed by atoms with Gasteiger partial charge >= 0.3 is 35.8 Å². The van der Waals surface area contributed by atoms with Crippen LogP contribution in [0.25, 0.3) is 11.1 Å². The van der Waals surface area contributed by atoms with Gasteiger partial charge in [0.15, 0.2) is 0 Å². The predicted octanol–water partition coefficient (Wildman–Crippen LogP) is 2.75. The number of carbonyl (C=O) groups excluding carboxylic acids is 6. The van der Waals surface area contributed by atoms with Gasteiger partial charge in [0, 0.05) is 11.1 Å². The summed E-state index contributed by atoms with van der Waals surface area (Å²) in [6.45, 7) is 7.76. The van der Waals surface area contributed by atoms with E-state index in [1.807, 2.05) is 0 Å². The van der Waals surface area contributed by atoms with E-state index in [1.54, 1.807) is 55.5 Å². The zero-order valence-electron chi connectivity index (χ0n) is 24.7. The quantitative estimate of drug-likeness (QED) is 0.107. The third kappa shape index (κ3) is 10.4. The van der Waals surface area contributed by atoms with Crippen LogP contribution in [0.1, 0.15) is 13.8 Å². The summed E-state index contributed by atoms with van der Waals surface area (Å²) in [6.07, 6.45) is 0. The number of hydrogen-bond donors (Lipinski definition) is 0. The summed E-state index contributed by atoms with van der Waals surface area (Å²) in [5.74, 6) is -6.02. The molecule has 0 aliphatic carbocycles. The van der Waals surface area contributed by atoms with E-state index in [4.69, 9.17) is 23.7 Å². The van der Waals surface area contributed by atoms with Crippen molar-refractivity contribution >= 4 is 35.8 Å². The first-order valence-corrected chi connectivity index (χ1v) is 12.8. The SMILES string of the molecule is C=C(C)C(=O)OCC(COC(=O)C(=O)OC)(COC(=O)C(=O)OC)COc1ccc(-c2ccc(OC(=O)C(=C)C)cc2)cc1. The molecule has 0 heterocycles. The van der Waals surface area contributed by atoms with E-state index in [1.165, 1.54) is 6.92 Å². The van der Waals surface area contributed by atoms with E-state index in [0.717, 1.165) is 25.3 Å². The first-order valence-electron chi connectivity index (χ1n) is 12.8. The molecule has 2 aromatic rings. The normalized spacial score (nSPS) is 10.5. The molecule has 0 atom stereocenters. The fourth-order valence-corrected chi connectivity index (χ4v) is 3.20. The van der Waals surface area contributed by atoms with Crippen LogP contribution >= 0.6 is 0 Å². The van der Waals surface area contributed by atoms with Gasteiger partial charge in [0.2, 0.25) is 0 Å². The third-order valence-corrected chi connectivity index (χ3v) is 5.73. The average molecular weight is 613 g/mol. The molecule has 0 N–H and O–H groups in total. The zero-order chi connectivity index (χ0) is 32.9. The lowest BCUT2D eigenvalue weighted by Gasteiger charge is -2.31. The lowest BCUT2D eigenvalue weighted by Crippen LogP contribution is -2.45. The molecule has 0 spiro atoms. The van der Waals surface area contributed by atoms with Gasteiger partial charge < -0.3 is 33.2 Å². The number of ether oxygens (including phenoxy) is 7. The summed E-state index contributed by atoms with van der Waals surface area (Å²) in [6, 6.07) is 13.5. The minimum atomic E-state index is -1.60. The van der Waals surface area contributed by atoms with Crippen LogP contribution in [0.3, 0.4) is 0 Å². The lowest BCUT2D eigenvalue weighted by molar-refractivity contribution is -0.177. The first-order chi connectivity index (χ1) is 20.8. The smallest absolute Gasteiger partial charge is 0.417 e. The average Bonchev–Trinajstić information content (AvgIpc) is 3.03. The van der Waals surface area contributed by atoms with Gasteiger partial charge in [-0.1, -0.05) is 37.4 Å². The van der Waals surface area contributed by atoms with Crippen LogP contribution < -0.4 is 9.47 Å². The molecule has 0 saturated heterocycles. The zero-order valence-corrected chi connectivity index (χ0v) is 24.7. The van der Waals surface area contributed by atoms with Crippen LogP contribution in [0, 0.1) is 5.41 Å². The molecule has 234 valence electrons. The number of hydrogen-bond acceptors (Lipinski definition) is 13. The van der Waals surface area contributed by atoms with Crippen LogP contribution in [0.15, 0.2) is 72.8 Å². The molecule has 0 amide bonds. The maximum atomic E-state index is 12.2. The number of carbonyl (C=O) groups is 6. The predicted molar refractivity (Wildman–Crippen MR) is 152 cm³/mol. The highest BCUT2D eigenvalue weighted by molar-refractivity contribution is 6.30. The van der Waals surface area contributed by atoms with Crippen LogP contribution in [-0.4, -0.2) is 76.5 Å². The summed E-state index contributed by atoms with van der Waals surface area (Å²) in [4.78, 5) is 71.2. The Kier molecular flexibility index (Phi) is 12.8. The second kappa shape index (κ2) is 16.2. The molecule has 0 aromatic heterocycles. The molecule has 13 nitrogen and oxygen atoms in total. The largest absolute Gasteiger partial charge is 0.493 e. The van der Waals surface area contributed by atoms with Crippen LogP contribution in [0.2, 0.25) is 0 Å². The van der Waals surface area contributed by atoms with Crippen molar-refractivity contribution in [3.8, 4) is 22.6 Å². The molecule has 0 saturated carbocycles. The summed E-state index contributed by atoms with van der Waals surface area (Å²) in [5, 5.41) is 0. The third-order valence-electron chi connectivity index (χ3n) is 5.73. The Bertz CT molecular complexity index is 1370. The molecule has 13 heteroatoms. The Morgan fingerprint density at radius 1 is 0.545 bits per heavy atom. The number of rotatable bonds is 13. The minimum Gasteiger partial charge on any atom is -0.493 e. The van der Waals surface area contributed by atoms with Gasteiger partial charge in [-0.3, -0.25) is 0 Å². The van der Waals surface area contributed by atoms with Gasteiger partial charge in [-0.2, -0.15) is 0 Å². The molecule has 44 heavy (non-hydrogen) atoms. The standard InChI is InChI=1S/C31H32O13/c1-19(2)25(32)41-16-31(17-42-29(36)27(34)38-5,18-43-30(37)28(35)39-6)15-40-23-11-7-21(8-12-23)22-9-13-24(14-10-22)44-26(33)20(3)4/h7-14H,1,3,15-18H2,2,4-6H3. The number of benzene rings is 2. The van der Waals surface area contributed by atoms with E-state index in [-0.39, 0.29) is 17.8 Å². The van der Waals surface area contributed by atoms with Gasteiger partial charge in [-0.15, -0.1) is 0 Å². The van der Waals surface area contributed by atoms with E-state index in [0.29, 0.717) is 11.5 Å².